The van der Waals surface area contributed by atoms with Gasteiger partial charge in [0.1, 0.15) is 5.75 Å². The predicted octanol–water partition coefficient (Wildman–Crippen LogP) is 2.89. The molecule has 0 unspecified atom stereocenters. The maximum Gasteiger partial charge on any atom is 0.119 e. The SMILES string of the molecule is COc1ccc(-n2cc(-c3c(I)cnn3C)cn2)cc1. The largest absolute Gasteiger partial charge is 0.497 e. The van der Waals surface area contributed by atoms with Crippen molar-refractivity contribution in [3.8, 4) is 22.7 Å². The Morgan fingerprint density at radius 1 is 1.10 bits per heavy atom. The van der Waals surface area contributed by atoms with Crippen LogP contribution in [0.15, 0.2) is 42.9 Å². The van der Waals surface area contributed by atoms with E-state index in [0.29, 0.717) is 0 Å². The summed E-state index contributed by atoms with van der Waals surface area (Å²) in [6, 6.07) is 7.79. The molecular formula is C14H13IN4O. The highest BCUT2D eigenvalue weighted by atomic mass is 127. The number of hydrogen-bond acceptors (Lipinski definition) is 3. The van der Waals surface area contributed by atoms with E-state index >= 15 is 0 Å². The molecule has 2 heterocycles. The van der Waals surface area contributed by atoms with E-state index in [4.69, 9.17) is 4.74 Å². The van der Waals surface area contributed by atoms with Crippen molar-refractivity contribution in [2.24, 2.45) is 7.05 Å². The molecule has 0 aliphatic rings. The molecule has 0 saturated carbocycles. The number of nitrogens with zero attached hydrogens (tertiary/aromatic N) is 4. The first kappa shape index (κ1) is 13.2. The first-order valence-electron chi connectivity index (χ1n) is 6.06. The van der Waals surface area contributed by atoms with Crippen LogP contribution in [0.25, 0.3) is 16.9 Å². The monoisotopic (exact) mass is 380 g/mol. The molecule has 0 aliphatic heterocycles. The minimum absolute atomic E-state index is 0.835. The highest BCUT2D eigenvalue weighted by molar-refractivity contribution is 14.1. The number of hydrogen-bond donors (Lipinski definition) is 0. The zero-order valence-electron chi connectivity index (χ0n) is 11.1. The molecule has 102 valence electrons. The number of rotatable bonds is 3. The summed E-state index contributed by atoms with van der Waals surface area (Å²) in [5, 5.41) is 8.66. The van der Waals surface area contributed by atoms with E-state index in [1.54, 1.807) is 7.11 Å². The van der Waals surface area contributed by atoms with E-state index in [1.807, 2.05) is 59.3 Å². The summed E-state index contributed by atoms with van der Waals surface area (Å²) < 4.78 is 9.97. The first-order valence-corrected chi connectivity index (χ1v) is 7.14. The average molecular weight is 380 g/mol. The summed E-state index contributed by atoms with van der Waals surface area (Å²) in [5.74, 6) is 0.835. The fourth-order valence-corrected chi connectivity index (χ4v) is 2.84. The van der Waals surface area contributed by atoms with Crippen LogP contribution in [0.1, 0.15) is 0 Å². The van der Waals surface area contributed by atoms with Gasteiger partial charge in [0.15, 0.2) is 0 Å². The topological polar surface area (TPSA) is 44.9 Å². The molecule has 20 heavy (non-hydrogen) atoms. The Bertz CT molecular complexity index is 710. The van der Waals surface area contributed by atoms with Crippen LogP contribution in [0.5, 0.6) is 5.75 Å². The number of aromatic nitrogens is 4. The summed E-state index contributed by atoms with van der Waals surface area (Å²) in [5.41, 5.74) is 3.12. The van der Waals surface area contributed by atoms with E-state index in [2.05, 4.69) is 32.8 Å². The van der Waals surface area contributed by atoms with E-state index < -0.39 is 0 Å². The summed E-state index contributed by atoms with van der Waals surface area (Å²) in [6.45, 7) is 0. The molecule has 2 aromatic heterocycles. The zero-order valence-corrected chi connectivity index (χ0v) is 13.3. The quantitative estimate of drug-likeness (QED) is 0.657. The van der Waals surface area contributed by atoms with Gasteiger partial charge in [-0.3, -0.25) is 4.68 Å². The van der Waals surface area contributed by atoms with Crippen LogP contribution in [0.4, 0.5) is 0 Å². The molecule has 0 spiro atoms. The van der Waals surface area contributed by atoms with E-state index in [0.717, 1.165) is 26.3 Å². The van der Waals surface area contributed by atoms with Crippen LogP contribution in [0.3, 0.4) is 0 Å². The maximum absolute atomic E-state index is 5.16. The lowest BCUT2D eigenvalue weighted by Crippen LogP contribution is -1.95. The van der Waals surface area contributed by atoms with Gasteiger partial charge in [0, 0.05) is 18.8 Å². The third kappa shape index (κ3) is 2.31. The molecule has 0 radical (unpaired) electrons. The van der Waals surface area contributed by atoms with Crippen molar-refractivity contribution in [1.82, 2.24) is 19.6 Å². The molecule has 0 saturated heterocycles. The minimum Gasteiger partial charge on any atom is -0.497 e. The lowest BCUT2D eigenvalue weighted by Gasteiger charge is -2.03. The Kier molecular flexibility index (Phi) is 3.47. The van der Waals surface area contributed by atoms with Crippen LogP contribution >= 0.6 is 22.6 Å². The van der Waals surface area contributed by atoms with Gasteiger partial charge in [0.25, 0.3) is 0 Å². The Morgan fingerprint density at radius 3 is 2.45 bits per heavy atom. The van der Waals surface area contributed by atoms with Crippen LogP contribution < -0.4 is 4.74 Å². The number of methoxy groups -OCH3 is 1. The third-order valence-electron chi connectivity index (χ3n) is 3.09. The summed E-state index contributed by atoms with van der Waals surface area (Å²) in [6.07, 6.45) is 5.70. The molecule has 3 aromatic rings. The van der Waals surface area contributed by atoms with E-state index in [-0.39, 0.29) is 0 Å². The fraction of sp³-hybridized carbons (Fsp3) is 0.143. The maximum atomic E-state index is 5.16. The van der Waals surface area contributed by atoms with Crippen molar-refractivity contribution < 1.29 is 4.74 Å². The smallest absolute Gasteiger partial charge is 0.119 e. The molecule has 6 heteroatoms. The molecule has 0 aliphatic carbocycles. The van der Waals surface area contributed by atoms with E-state index in [1.165, 1.54) is 0 Å². The second kappa shape index (κ2) is 5.28. The summed E-state index contributed by atoms with van der Waals surface area (Å²) in [4.78, 5) is 0. The van der Waals surface area contributed by atoms with Crippen LogP contribution in [0.2, 0.25) is 0 Å². The molecular weight excluding hydrogens is 367 g/mol. The van der Waals surface area contributed by atoms with Gasteiger partial charge < -0.3 is 4.74 Å². The van der Waals surface area contributed by atoms with Crippen molar-refractivity contribution in [1.29, 1.82) is 0 Å². The number of ether oxygens (including phenoxy) is 1. The first-order chi connectivity index (χ1) is 9.69. The molecule has 1 aromatic carbocycles. The van der Waals surface area contributed by atoms with Crippen molar-refractivity contribution in [3.63, 3.8) is 0 Å². The Balaban J connectivity index is 1.97. The molecule has 0 N–H and O–H groups in total. The minimum atomic E-state index is 0.835. The Labute approximate surface area is 130 Å². The normalized spacial score (nSPS) is 10.8. The van der Waals surface area contributed by atoms with Gasteiger partial charge >= 0.3 is 0 Å². The third-order valence-corrected chi connectivity index (χ3v) is 3.88. The molecule has 0 amide bonds. The van der Waals surface area contributed by atoms with Crippen molar-refractivity contribution in [2.75, 3.05) is 7.11 Å². The molecule has 5 nitrogen and oxygen atoms in total. The average Bonchev–Trinajstić information content (AvgIpc) is 3.06. The van der Waals surface area contributed by atoms with Gasteiger partial charge in [0.2, 0.25) is 0 Å². The van der Waals surface area contributed by atoms with Gasteiger partial charge in [-0.05, 0) is 46.9 Å². The lowest BCUT2D eigenvalue weighted by atomic mass is 10.2. The summed E-state index contributed by atoms with van der Waals surface area (Å²) >= 11 is 2.28. The highest BCUT2D eigenvalue weighted by Gasteiger charge is 2.11. The molecule has 0 atom stereocenters. The van der Waals surface area contributed by atoms with Crippen molar-refractivity contribution in [2.45, 2.75) is 0 Å². The predicted molar refractivity (Wildman–Crippen MR) is 85.0 cm³/mol. The van der Waals surface area contributed by atoms with Crippen LogP contribution in [-0.2, 0) is 7.05 Å². The van der Waals surface area contributed by atoms with Gasteiger partial charge in [-0.2, -0.15) is 10.2 Å². The van der Waals surface area contributed by atoms with Gasteiger partial charge in [-0.15, -0.1) is 0 Å². The Morgan fingerprint density at radius 2 is 1.85 bits per heavy atom. The van der Waals surface area contributed by atoms with Crippen LogP contribution in [0, 0.1) is 3.57 Å². The summed E-state index contributed by atoms with van der Waals surface area (Å²) in [7, 11) is 3.59. The van der Waals surface area contributed by atoms with E-state index in [9.17, 15) is 0 Å². The standard InChI is InChI=1S/C14H13IN4O/c1-18-14(13(15)8-16-18)10-7-17-19(9-10)11-3-5-12(20-2)6-4-11/h3-9H,1-2H3. The molecule has 0 bridgehead atoms. The fourth-order valence-electron chi connectivity index (χ4n) is 2.06. The van der Waals surface area contributed by atoms with Crippen LogP contribution in [-0.4, -0.2) is 26.7 Å². The number of aryl methyl sites for hydroxylation is 1. The van der Waals surface area contributed by atoms with Gasteiger partial charge in [-0.1, -0.05) is 0 Å². The Hall–Kier alpha value is -1.83. The van der Waals surface area contributed by atoms with Gasteiger partial charge in [0.05, 0.1) is 34.5 Å². The number of benzene rings is 1. The highest BCUT2D eigenvalue weighted by Crippen LogP contribution is 2.25. The molecule has 0 fully saturated rings. The second-order valence-electron chi connectivity index (χ2n) is 4.34. The second-order valence-corrected chi connectivity index (χ2v) is 5.50. The zero-order chi connectivity index (χ0) is 14.1. The van der Waals surface area contributed by atoms with Crippen molar-refractivity contribution >= 4 is 22.6 Å². The van der Waals surface area contributed by atoms with Gasteiger partial charge in [-0.25, -0.2) is 4.68 Å². The lowest BCUT2D eigenvalue weighted by molar-refractivity contribution is 0.414. The number of halogens is 1. The van der Waals surface area contributed by atoms with Crippen molar-refractivity contribution in [3.05, 3.63) is 46.4 Å². The molecule has 3 rings (SSSR count).